The number of hydrogen-bond acceptors (Lipinski definition) is 7. The van der Waals surface area contributed by atoms with Gasteiger partial charge in [-0.15, -0.1) is 0 Å². The molecule has 2 aromatic heterocycles. The van der Waals surface area contributed by atoms with Gasteiger partial charge in [-0.25, -0.2) is 9.37 Å². The maximum Gasteiger partial charge on any atom is 0.419 e. The minimum atomic E-state index is -4.49. The molecular weight excluding hydrogens is 536 g/mol. The Bertz CT molecular complexity index is 1250. The second-order valence-electron chi connectivity index (χ2n) is 9.15. The first-order chi connectivity index (χ1) is 18.7. The molecule has 0 saturated carbocycles. The van der Waals surface area contributed by atoms with Crippen LogP contribution in [0.2, 0.25) is 5.02 Å². The van der Waals surface area contributed by atoms with E-state index in [1.54, 1.807) is 17.0 Å². The van der Waals surface area contributed by atoms with Gasteiger partial charge in [0.2, 0.25) is 0 Å². The molecule has 0 N–H and O–H groups in total. The molecule has 0 atom stereocenters. The molecule has 0 radical (unpaired) electrons. The third-order valence-electron chi connectivity index (χ3n) is 6.53. The van der Waals surface area contributed by atoms with Crippen LogP contribution in [0.15, 0.2) is 42.6 Å². The van der Waals surface area contributed by atoms with E-state index in [9.17, 15) is 17.6 Å². The quantitative estimate of drug-likeness (QED) is 0.288. The van der Waals surface area contributed by atoms with E-state index in [1.807, 2.05) is 4.90 Å². The number of rotatable bonds is 10. The number of hydrogen-bond donors (Lipinski definition) is 0. The summed E-state index contributed by atoms with van der Waals surface area (Å²) in [5.41, 5.74) is 0.346. The Kier molecular flexibility index (Phi) is 9.45. The van der Waals surface area contributed by atoms with Crippen molar-refractivity contribution in [3.05, 3.63) is 59.0 Å². The summed E-state index contributed by atoms with van der Waals surface area (Å²) in [5.74, 6) is -0.0516. The predicted molar refractivity (Wildman–Crippen MR) is 144 cm³/mol. The van der Waals surface area contributed by atoms with Crippen molar-refractivity contribution in [3.63, 3.8) is 0 Å². The van der Waals surface area contributed by atoms with Crippen LogP contribution >= 0.6 is 11.6 Å². The number of nitrogens with zero attached hydrogens (tertiary/aromatic N) is 6. The van der Waals surface area contributed by atoms with Crippen molar-refractivity contribution in [1.29, 1.82) is 0 Å². The Hall–Kier alpha value is -3.18. The first kappa shape index (κ1) is 28.8. The Morgan fingerprint density at radius 3 is 2.41 bits per heavy atom. The van der Waals surface area contributed by atoms with E-state index < -0.39 is 17.6 Å². The highest BCUT2D eigenvalue weighted by Gasteiger charge is 2.36. The molecule has 1 saturated heterocycles. The summed E-state index contributed by atoms with van der Waals surface area (Å²) in [6, 6.07) is 8.59. The zero-order chi connectivity index (χ0) is 28.0. The molecule has 1 aliphatic rings. The highest BCUT2D eigenvalue weighted by atomic mass is 35.5. The lowest BCUT2D eigenvalue weighted by Crippen LogP contribution is -2.47. The molecule has 12 heteroatoms. The van der Waals surface area contributed by atoms with Crippen LogP contribution in [0.3, 0.4) is 0 Å². The zero-order valence-corrected chi connectivity index (χ0v) is 22.6. The van der Waals surface area contributed by atoms with Gasteiger partial charge in [-0.3, -0.25) is 0 Å². The first-order valence-electron chi connectivity index (χ1n) is 12.9. The lowest BCUT2D eigenvalue weighted by molar-refractivity contribution is -0.137. The van der Waals surface area contributed by atoms with Gasteiger partial charge in [0.25, 0.3) is 0 Å². The third kappa shape index (κ3) is 7.27. The van der Waals surface area contributed by atoms with E-state index in [0.717, 1.165) is 25.6 Å². The third-order valence-corrected chi connectivity index (χ3v) is 6.82. The van der Waals surface area contributed by atoms with Crippen molar-refractivity contribution >= 4 is 23.2 Å². The molecule has 0 unspecified atom stereocenters. The molecule has 39 heavy (non-hydrogen) atoms. The van der Waals surface area contributed by atoms with E-state index in [-0.39, 0.29) is 16.9 Å². The summed E-state index contributed by atoms with van der Waals surface area (Å²) in [7, 11) is 0. The number of anilines is 2. The maximum atomic E-state index is 13.8. The van der Waals surface area contributed by atoms with E-state index in [0.29, 0.717) is 56.4 Å². The molecule has 3 aromatic rings. The normalized spacial score (nSPS) is 14.3. The van der Waals surface area contributed by atoms with Crippen LogP contribution in [0, 0.1) is 5.82 Å². The topological polar surface area (TPSA) is 57.6 Å². The van der Waals surface area contributed by atoms with Crippen LogP contribution in [0.25, 0.3) is 11.3 Å². The second-order valence-corrected chi connectivity index (χ2v) is 9.56. The van der Waals surface area contributed by atoms with E-state index in [4.69, 9.17) is 16.3 Å². The Labute approximate surface area is 230 Å². The number of piperazine rings is 1. The minimum absolute atomic E-state index is 0.0299. The number of benzene rings is 1. The van der Waals surface area contributed by atoms with Crippen LogP contribution < -0.4 is 14.5 Å². The molecule has 0 amide bonds. The zero-order valence-electron chi connectivity index (χ0n) is 21.9. The van der Waals surface area contributed by atoms with Crippen LogP contribution in [0.1, 0.15) is 25.8 Å². The van der Waals surface area contributed by atoms with E-state index in [1.165, 1.54) is 24.4 Å². The fourth-order valence-corrected chi connectivity index (χ4v) is 4.65. The van der Waals surface area contributed by atoms with Gasteiger partial charge in [-0.1, -0.05) is 25.4 Å². The van der Waals surface area contributed by atoms with Crippen molar-refractivity contribution in [3.8, 4) is 17.3 Å². The van der Waals surface area contributed by atoms with Gasteiger partial charge in [0.1, 0.15) is 24.1 Å². The fraction of sp³-hybridized carbons (Fsp3) is 0.444. The fourth-order valence-electron chi connectivity index (χ4n) is 4.47. The molecule has 1 aliphatic heterocycles. The summed E-state index contributed by atoms with van der Waals surface area (Å²) >= 11 is 6.02. The molecule has 7 nitrogen and oxygen atoms in total. The summed E-state index contributed by atoms with van der Waals surface area (Å²) < 4.78 is 60.3. The number of likely N-dealkylation sites (N-methyl/N-ethyl adjacent to an activating group) is 1. The molecule has 1 aromatic carbocycles. The van der Waals surface area contributed by atoms with Crippen molar-refractivity contribution in [2.75, 3.05) is 62.2 Å². The van der Waals surface area contributed by atoms with Gasteiger partial charge < -0.3 is 19.4 Å². The lowest BCUT2D eigenvalue weighted by atomic mass is 10.1. The number of aromatic nitrogens is 3. The van der Waals surface area contributed by atoms with Gasteiger partial charge >= 0.3 is 12.2 Å². The molecule has 1 fully saturated rings. The van der Waals surface area contributed by atoms with Gasteiger partial charge in [-0.2, -0.15) is 23.1 Å². The number of pyridine rings is 1. The van der Waals surface area contributed by atoms with Crippen molar-refractivity contribution in [2.24, 2.45) is 0 Å². The number of halogens is 5. The second kappa shape index (κ2) is 12.8. The monoisotopic (exact) mass is 566 g/mol. The highest BCUT2D eigenvalue weighted by molar-refractivity contribution is 6.31. The van der Waals surface area contributed by atoms with Crippen molar-refractivity contribution in [2.45, 2.75) is 26.4 Å². The first-order valence-corrected chi connectivity index (χ1v) is 13.3. The number of ether oxygens (including phenoxy) is 1. The average molecular weight is 567 g/mol. The van der Waals surface area contributed by atoms with Crippen LogP contribution in [-0.2, 0) is 6.18 Å². The smallest absolute Gasteiger partial charge is 0.419 e. The Morgan fingerprint density at radius 1 is 1.00 bits per heavy atom. The molecule has 0 bridgehead atoms. The summed E-state index contributed by atoms with van der Waals surface area (Å²) in [4.78, 5) is 19.0. The van der Waals surface area contributed by atoms with Crippen LogP contribution in [0.5, 0.6) is 6.01 Å². The van der Waals surface area contributed by atoms with Gasteiger partial charge in [-0.05, 0) is 49.8 Å². The molecule has 0 aliphatic carbocycles. The molecule has 3 heterocycles. The van der Waals surface area contributed by atoms with Crippen molar-refractivity contribution in [1.82, 2.24) is 19.9 Å². The van der Waals surface area contributed by atoms with Crippen LogP contribution in [-0.4, -0.2) is 72.3 Å². The summed E-state index contributed by atoms with van der Waals surface area (Å²) in [5, 5.41) is -0.0299. The highest BCUT2D eigenvalue weighted by Crippen LogP contribution is 2.36. The van der Waals surface area contributed by atoms with E-state index in [2.05, 4.69) is 33.7 Å². The lowest BCUT2D eigenvalue weighted by Gasteiger charge is -2.37. The van der Waals surface area contributed by atoms with Crippen LogP contribution in [0.4, 0.5) is 29.2 Å². The molecule has 210 valence electrons. The SMILES string of the molecule is CCCN(CC)CCOc1nc(-c2ccc(F)c(Cl)c2)cc(N2CCN(c3ncccc3C(F)(F)F)CC2)n1. The van der Waals surface area contributed by atoms with Gasteiger partial charge in [0.15, 0.2) is 0 Å². The predicted octanol–water partition coefficient (Wildman–Crippen LogP) is 5.79. The Balaban J connectivity index is 1.55. The molecule has 4 rings (SSSR count). The molecule has 0 spiro atoms. The average Bonchev–Trinajstić information content (AvgIpc) is 2.93. The Morgan fingerprint density at radius 2 is 1.74 bits per heavy atom. The maximum absolute atomic E-state index is 13.8. The standard InChI is InChI=1S/C27H31ClF4N6O/c1-3-10-36(4-2)15-16-39-26-34-23(19-7-8-22(29)21(28)17-19)18-24(35-26)37-11-13-38(14-12-37)25-20(27(30,31)32)6-5-9-33-25/h5-9,17-18H,3-4,10-16H2,1-2H3. The van der Waals surface area contributed by atoms with Gasteiger partial charge in [0.05, 0.1) is 16.3 Å². The summed E-state index contributed by atoms with van der Waals surface area (Å²) in [6.45, 7) is 8.61. The summed E-state index contributed by atoms with van der Waals surface area (Å²) in [6.07, 6.45) is -2.09. The largest absolute Gasteiger partial charge is 0.462 e. The molecular formula is C27H31ClF4N6O. The van der Waals surface area contributed by atoms with Crippen molar-refractivity contribution < 1.29 is 22.3 Å². The van der Waals surface area contributed by atoms with E-state index >= 15 is 0 Å². The van der Waals surface area contributed by atoms with Gasteiger partial charge in [0, 0.05) is 50.6 Å². The minimum Gasteiger partial charge on any atom is -0.462 e. The number of alkyl halides is 3.